The molecule has 4 bridgehead atoms. The maximum Gasteiger partial charge on any atom is 0.309 e. The molecule has 0 fully saturated rings. The summed E-state index contributed by atoms with van der Waals surface area (Å²) < 4.78 is 90.1. The zero-order valence-corrected chi connectivity index (χ0v) is 32.2. The molecule has 1 aliphatic rings. The van der Waals surface area contributed by atoms with Gasteiger partial charge in [0.15, 0.2) is 33.1 Å². The summed E-state index contributed by atoms with van der Waals surface area (Å²) in [5.41, 5.74) is -1.15. The molecule has 3 heterocycles. The van der Waals surface area contributed by atoms with Crippen LogP contribution in [0.25, 0.3) is 22.3 Å². The van der Waals surface area contributed by atoms with Crippen LogP contribution in [0.1, 0.15) is 76.4 Å². The molecule has 2 N–H and O–H groups in total. The van der Waals surface area contributed by atoms with Gasteiger partial charge in [0.25, 0.3) is 0 Å². The highest BCUT2D eigenvalue weighted by molar-refractivity contribution is 7.91. The van der Waals surface area contributed by atoms with Crippen molar-refractivity contribution in [2.45, 2.75) is 81.9 Å². The number of fused-ring (bicyclic) bond motifs is 8. The fourth-order valence-corrected chi connectivity index (χ4v) is 10.7. The molecule has 9 nitrogen and oxygen atoms in total. The van der Waals surface area contributed by atoms with E-state index in [4.69, 9.17) is 10.1 Å². The second-order valence-electron chi connectivity index (χ2n) is 15.8. The molecule has 5 aromatic rings. The summed E-state index contributed by atoms with van der Waals surface area (Å²) in [5.74, 6) is -4.38. The van der Waals surface area contributed by atoms with Crippen molar-refractivity contribution in [2.75, 3.05) is 11.5 Å². The van der Waals surface area contributed by atoms with Crippen molar-refractivity contribution in [3.05, 3.63) is 94.7 Å². The van der Waals surface area contributed by atoms with E-state index in [9.17, 15) is 22.5 Å². The van der Waals surface area contributed by atoms with E-state index in [-0.39, 0.29) is 51.3 Å². The van der Waals surface area contributed by atoms with Crippen LogP contribution in [0.15, 0.2) is 64.5 Å². The minimum atomic E-state index is -3.77. The van der Waals surface area contributed by atoms with Crippen LogP contribution in [-0.4, -0.2) is 55.0 Å². The molecule has 3 aromatic carbocycles. The van der Waals surface area contributed by atoms with Crippen molar-refractivity contribution >= 4 is 37.5 Å². The van der Waals surface area contributed by atoms with Crippen LogP contribution in [0.5, 0.6) is 0 Å². The van der Waals surface area contributed by atoms with Crippen LogP contribution in [-0.2, 0) is 50.7 Å². The first-order chi connectivity index (χ1) is 24.7. The standard InChI is InChI=1S/C39H43F3N4O5S2/c1-37(2)15-8-16-39(5,24-10-7-9-23(19-24)21-38(3,4)36(47)48)35-44-34(46(6)45-35)28-20-25(11-12-29(28)40)52(49)33-27(14-18-53(50,51)22-37)26-13-17-43-32(26)30(41)31(33)42/h7,9-13,17,19-20,43H,8,14-16,18,21-22H2,1-6H3,(H,47,48)/t39-,52?/m1/s1. The van der Waals surface area contributed by atoms with E-state index in [2.05, 4.69) is 4.98 Å². The zero-order chi connectivity index (χ0) is 38.7. The number of sulfone groups is 1. The maximum absolute atomic E-state index is 15.9. The van der Waals surface area contributed by atoms with Crippen molar-refractivity contribution in [1.29, 1.82) is 0 Å². The van der Waals surface area contributed by atoms with Crippen molar-refractivity contribution in [3.63, 3.8) is 0 Å². The number of carbonyl (C=O) groups is 1. The first-order valence-electron chi connectivity index (χ1n) is 17.4. The minimum Gasteiger partial charge on any atom is -0.481 e. The van der Waals surface area contributed by atoms with Gasteiger partial charge in [-0.05, 0) is 92.8 Å². The summed E-state index contributed by atoms with van der Waals surface area (Å²) in [6.45, 7) is 8.99. The summed E-state index contributed by atoms with van der Waals surface area (Å²) in [6.07, 6.45) is 2.96. The maximum atomic E-state index is 15.9. The van der Waals surface area contributed by atoms with Crippen LogP contribution in [0.3, 0.4) is 0 Å². The van der Waals surface area contributed by atoms with Gasteiger partial charge in [-0.1, -0.05) is 44.5 Å². The molecule has 1 unspecified atom stereocenters. The van der Waals surface area contributed by atoms with Gasteiger partial charge in [-0.2, -0.15) is 5.10 Å². The molecule has 282 valence electrons. The fraction of sp³-hybridized carbons (Fsp3) is 0.410. The molecule has 0 spiro atoms. The Hall–Kier alpha value is -4.30. The molecule has 0 saturated carbocycles. The van der Waals surface area contributed by atoms with Gasteiger partial charge < -0.3 is 10.1 Å². The van der Waals surface area contributed by atoms with Crippen molar-refractivity contribution in [2.24, 2.45) is 17.9 Å². The number of hydrogen-bond donors (Lipinski definition) is 2. The molecule has 53 heavy (non-hydrogen) atoms. The number of aryl methyl sites for hydroxylation is 2. The van der Waals surface area contributed by atoms with Crippen LogP contribution in [0.4, 0.5) is 13.2 Å². The molecule has 6 rings (SSSR count). The molecule has 0 amide bonds. The number of carboxylic acid groups (broad SMARTS) is 1. The number of nitrogens with one attached hydrogen (secondary N) is 1. The van der Waals surface area contributed by atoms with Gasteiger partial charge in [0.05, 0.1) is 49.1 Å². The lowest BCUT2D eigenvalue weighted by Gasteiger charge is -2.31. The molecule has 2 aromatic heterocycles. The number of nitrogens with zero attached hydrogens (tertiary/aromatic N) is 3. The SMILES string of the molecule is Cn1nc2nc1-c1cc(ccc1F)S(=O)c1c(F)c(F)c3[nH]ccc3c1CCS(=O)(=O)CC(C)(C)CCC[C@]2(C)c1cccc(CC(C)(C)C(=O)O)c1. The Morgan fingerprint density at radius 2 is 1.79 bits per heavy atom. The van der Waals surface area contributed by atoms with E-state index in [0.717, 1.165) is 17.2 Å². The first kappa shape index (κ1) is 38.4. The molecule has 0 radical (unpaired) electrons. The third-order valence-electron chi connectivity index (χ3n) is 10.4. The molecule has 1 aliphatic heterocycles. The quantitative estimate of drug-likeness (QED) is 0.192. The molecule has 0 aliphatic carbocycles. The molecule has 14 heteroatoms. The van der Waals surface area contributed by atoms with E-state index >= 15 is 13.2 Å². The van der Waals surface area contributed by atoms with E-state index in [0.29, 0.717) is 25.1 Å². The lowest BCUT2D eigenvalue weighted by Crippen LogP contribution is -2.30. The highest BCUT2D eigenvalue weighted by Gasteiger charge is 2.37. The van der Waals surface area contributed by atoms with Gasteiger partial charge in [0, 0.05) is 23.5 Å². The van der Waals surface area contributed by atoms with Crippen molar-refractivity contribution in [3.8, 4) is 11.4 Å². The summed E-state index contributed by atoms with van der Waals surface area (Å²) >= 11 is 0. The summed E-state index contributed by atoms with van der Waals surface area (Å²) in [5, 5.41) is 14.8. The molecular formula is C39H43F3N4O5S2. The average Bonchev–Trinajstić information content (AvgIpc) is 3.72. The smallest absolute Gasteiger partial charge is 0.309 e. The Kier molecular flexibility index (Phi) is 10.0. The van der Waals surface area contributed by atoms with Gasteiger partial charge in [-0.15, -0.1) is 0 Å². The lowest BCUT2D eigenvalue weighted by molar-refractivity contribution is -0.146. The number of halogens is 3. The number of benzene rings is 3. The Morgan fingerprint density at radius 1 is 1.06 bits per heavy atom. The molecular weight excluding hydrogens is 726 g/mol. The Morgan fingerprint density at radius 3 is 2.51 bits per heavy atom. The number of hydrogen-bond acceptors (Lipinski definition) is 6. The Labute approximate surface area is 309 Å². The third kappa shape index (κ3) is 7.44. The molecule has 2 atom stereocenters. The average molecular weight is 769 g/mol. The fourth-order valence-electron chi connectivity index (χ4n) is 7.38. The van der Waals surface area contributed by atoms with Gasteiger partial charge >= 0.3 is 5.97 Å². The number of rotatable bonds is 4. The highest BCUT2D eigenvalue weighted by atomic mass is 32.2. The second kappa shape index (κ2) is 13.8. The van der Waals surface area contributed by atoms with Crippen LogP contribution in [0, 0.1) is 28.3 Å². The first-order valence-corrected chi connectivity index (χ1v) is 20.3. The van der Waals surface area contributed by atoms with E-state index in [1.54, 1.807) is 20.9 Å². The highest BCUT2D eigenvalue weighted by Crippen LogP contribution is 2.40. The van der Waals surface area contributed by atoms with Crippen LogP contribution < -0.4 is 0 Å². The van der Waals surface area contributed by atoms with Crippen molar-refractivity contribution < 1.29 is 35.7 Å². The Balaban J connectivity index is 1.54. The van der Waals surface area contributed by atoms with Gasteiger partial charge in [-0.3, -0.25) is 4.79 Å². The molecule has 0 saturated heterocycles. The van der Waals surface area contributed by atoms with Gasteiger partial charge in [0.1, 0.15) is 5.82 Å². The van der Waals surface area contributed by atoms with Gasteiger partial charge in [0.2, 0.25) is 0 Å². The number of H-pyrrole nitrogens is 1. The number of aliphatic carboxylic acids is 1. The summed E-state index contributed by atoms with van der Waals surface area (Å²) in [7, 11) is -4.56. The lowest BCUT2D eigenvalue weighted by atomic mass is 9.74. The van der Waals surface area contributed by atoms with Crippen LogP contribution >= 0.6 is 0 Å². The number of carboxylic acids is 1. The van der Waals surface area contributed by atoms with Gasteiger partial charge in [-0.25, -0.2) is 35.5 Å². The topological polar surface area (TPSA) is 135 Å². The predicted molar refractivity (Wildman–Crippen MR) is 197 cm³/mol. The largest absolute Gasteiger partial charge is 0.481 e. The summed E-state index contributed by atoms with van der Waals surface area (Å²) in [4.78, 5) is 18.9. The van der Waals surface area contributed by atoms with Crippen molar-refractivity contribution in [1.82, 2.24) is 19.7 Å². The summed E-state index contributed by atoms with van der Waals surface area (Å²) in [6, 6.07) is 12.6. The monoisotopic (exact) mass is 768 g/mol. The number of aromatic nitrogens is 4. The van der Waals surface area contributed by atoms with E-state index in [1.165, 1.54) is 29.1 Å². The van der Waals surface area contributed by atoms with E-state index in [1.807, 2.05) is 45.0 Å². The number of aromatic amines is 1. The van der Waals surface area contributed by atoms with Crippen LogP contribution in [0.2, 0.25) is 0 Å². The minimum absolute atomic E-state index is 0.0398. The van der Waals surface area contributed by atoms with E-state index < -0.39 is 71.0 Å². The predicted octanol–water partition coefficient (Wildman–Crippen LogP) is 7.67. The normalized spacial score (nSPS) is 20.7. The second-order valence-corrected chi connectivity index (χ2v) is 19.4. The zero-order valence-electron chi connectivity index (χ0n) is 30.5. The third-order valence-corrected chi connectivity index (χ3v) is 13.9. The Bertz CT molecular complexity index is 2390.